The molecule has 0 radical (unpaired) electrons. The second-order valence-electron chi connectivity index (χ2n) is 2.90. The van der Waals surface area contributed by atoms with Gasteiger partial charge in [-0.3, -0.25) is 9.48 Å². The Kier molecular flexibility index (Phi) is 4.16. The van der Waals surface area contributed by atoms with Crippen LogP contribution in [0.15, 0.2) is 24.4 Å². The fraction of sp³-hybridized carbons (Fsp3) is 0.111. The minimum absolute atomic E-state index is 0. The van der Waals surface area contributed by atoms with E-state index < -0.39 is 5.97 Å². The van der Waals surface area contributed by atoms with Gasteiger partial charge in [0, 0.05) is 10.4 Å². The summed E-state index contributed by atoms with van der Waals surface area (Å²) in [6, 6.07) is 5.22. The van der Waals surface area contributed by atoms with Crippen LogP contribution in [0.25, 0.3) is 10.9 Å². The Morgan fingerprint density at radius 3 is 2.93 bits per heavy atom. The van der Waals surface area contributed by atoms with Gasteiger partial charge in [0.05, 0.1) is 11.7 Å². The van der Waals surface area contributed by atoms with Crippen molar-refractivity contribution in [2.45, 2.75) is 6.54 Å². The van der Waals surface area contributed by atoms with Crippen LogP contribution in [0.3, 0.4) is 0 Å². The molecule has 2 aromatic rings. The molecule has 0 unspecified atom stereocenters. The number of benzene rings is 1. The zero-order valence-electron chi connectivity index (χ0n) is 7.14. The zero-order chi connectivity index (χ0) is 10.1. The fourth-order valence-electron chi connectivity index (χ4n) is 1.31. The topological polar surface area (TPSA) is 55.1 Å². The molecule has 0 saturated carbocycles. The van der Waals surface area contributed by atoms with E-state index in [1.807, 2.05) is 0 Å². The van der Waals surface area contributed by atoms with Crippen LogP contribution >= 0.6 is 11.6 Å². The molecular weight excluding hydrogens is 227 g/mol. The van der Waals surface area contributed by atoms with E-state index >= 15 is 0 Å². The predicted octanol–water partition coefficient (Wildman–Crippen LogP) is 1.13. The van der Waals surface area contributed by atoms with Crippen LogP contribution < -0.4 is 0 Å². The molecule has 0 aliphatic carbocycles. The molecule has 74 valence electrons. The number of halogens is 1. The SMILES string of the molecule is O=C(O)Cn1ncc2cc(Cl)ccc21.[NaH]. The van der Waals surface area contributed by atoms with E-state index in [1.165, 1.54) is 4.68 Å². The van der Waals surface area contributed by atoms with Gasteiger partial charge >= 0.3 is 35.5 Å². The van der Waals surface area contributed by atoms with Gasteiger partial charge in [-0.25, -0.2) is 0 Å². The molecule has 0 aliphatic heterocycles. The Bertz CT molecular complexity index is 498. The van der Waals surface area contributed by atoms with Crippen molar-refractivity contribution in [3.8, 4) is 0 Å². The van der Waals surface area contributed by atoms with Crippen molar-refractivity contribution in [3.05, 3.63) is 29.4 Å². The van der Waals surface area contributed by atoms with E-state index in [0.29, 0.717) is 5.02 Å². The summed E-state index contributed by atoms with van der Waals surface area (Å²) in [5, 5.41) is 14.0. The van der Waals surface area contributed by atoms with Crippen molar-refractivity contribution in [1.82, 2.24) is 9.78 Å². The van der Waals surface area contributed by atoms with E-state index in [-0.39, 0.29) is 36.1 Å². The fourth-order valence-corrected chi connectivity index (χ4v) is 1.49. The standard InChI is InChI=1S/C9H7ClN2O2.Na.H/c10-7-1-2-8-6(3-7)4-11-12(8)5-9(13)14;;/h1-4H,5H2,(H,13,14);;. The number of hydrogen-bond acceptors (Lipinski definition) is 2. The molecule has 1 aromatic carbocycles. The third kappa shape index (κ3) is 2.72. The van der Waals surface area contributed by atoms with Crippen molar-refractivity contribution in [1.29, 1.82) is 0 Å². The van der Waals surface area contributed by atoms with E-state index in [0.717, 1.165) is 10.9 Å². The first kappa shape index (κ1) is 12.5. The number of carboxylic acid groups (broad SMARTS) is 1. The third-order valence-corrected chi connectivity index (χ3v) is 2.12. The van der Waals surface area contributed by atoms with Crippen molar-refractivity contribution in [2.24, 2.45) is 0 Å². The quantitative estimate of drug-likeness (QED) is 0.793. The van der Waals surface area contributed by atoms with Crippen molar-refractivity contribution < 1.29 is 9.90 Å². The molecule has 0 saturated heterocycles. The number of aliphatic carboxylic acids is 1. The van der Waals surface area contributed by atoms with E-state index in [1.54, 1.807) is 24.4 Å². The second kappa shape index (κ2) is 4.99. The van der Waals surface area contributed by atoms with Crippen LogP contribution in [-0.2, 0) is 11.3 Å². The van der Waals surface area contributed by atoms with Crippen LogP contribution in [0, 0.1) is 0 Å². The molecule has 6 heteroatoms. The summed E-state index contributed by atoms with van der Waals surface area (Å²) < 4.78 is 1.42. The summed E-state index contributed by atoms with van der Waals surface area (Å²) in [5.41, 5.74) is 0.775. The number of fused-ring (bicyclic) bond motifs is 1. The van der Waals surface area contributed by atoms with Crippen molar-refractivity contribution in [2.75, 3.05) is 0 Å². The Morgan fingerprint density at radius 2 is 2.27 bits per heavy atom. The molecule has 0 spiro atoms. The van der Waals surface area contributed by atoms with E-state index in [4.69, 9.17) is 16.7 Å². The maximum absolute atomic E-state index is 10.5. The molecule has 15 heavy (non-hydrogen) atoms. The molecule has 1 heterocycles. The van der Waals surface area contributed by atoms with Gasteiger partial charge in [0.1, 0.15) is 6.54 Å². The van der Waals surface area contributed by atoms with Crippen LogP contribution in [0.4, 0.5) is 0 Å². The van der Waals surface area contributed by atoms with Gasteiger partial charge in [-0.2, -0.15) is 5.10 Å². The second-order valence-corrected chi connectivity index (χ2v) is 3.34. The Labute approximate surface area is 113 Å². The number of rotatable bonds is 2. The Balaban J connectivity index is 0.00000112. The summed E-state index contributed by atoms with van der Waals surface area (Å²) in [4.78, 5) is 10.5. The molecule has 1 N–H and O–H groups in total. The molecule has 0 amide bonds. The molecule has 0 bridgehead atoms. The minimum atomic E-state index is -0.912. The van der Waals surface area contributed by atoms with Gasteiger partial charge in [0.15, 0.2) is 0 Å². The molecule has 0 atom stereocenters. The summed E-state index contributed by atoms with van der Waals surface area (Å²) >= 11 is 5.78. The van der Waals surface area contributed by atoms with E-state index in [9.17, 15) is 4.79 Å². The summed E-state index contributed by atoms with van der Waals surface area (Å²) in [6.07, 6.45) is 1.60. The number of aromatic nitrogens is 2. The Morgan fingerprint density at radius 1 is 1.53 bits per heavy atom. The first-order chi connectivity index (χ1) is 6.66. The molecule has 0 fully saturated rings. The number of nitrogens with zero attached hydrogens (tertiary/aromatic N) is 2. The van der Waals surface area contributed by atoms with Crippen molar-refractivity contribution >= 4 is 58.0 Å². The van der Waals surface area contributed by atoms with Gasteiger partial charge in [0.2, 0.25) is 0 Å². The third-order valence-electron chi connectivity index (χ3n) is 1.89. The molecule has 2 rings (SSSR count). The van der Waals surface area contributed by atoms with Gasteiger partial charge in [-0.05, 0) is 18.2 Å². The van der Waals surface area contributed by atoms with Crippen LogP contribution in [0.2, 0.25) is 5.02 Å². The molecule has 0 aliphatic rings. The Hall–Kier alpha value is -0.550. The van der Waals surface area contributed by atoms with Crippen LogP contribution in [0.1, 0.15) is 0 Å². The van der Waals surface area contributed by atoms with Gasteiger partial charge in [-0.1, -0.05) is 11.6 Å². The zero-order valence-corrected chi connectivity index (χ0v) is 7.90. The maximum atomic E-state index is 10.5. The van der Waals surface area contributed by atoms with Gasteiger partial charge < -0.3 is 5.11 Å². The summed E-state index contributed by atoms with van der Waals surface area (Å²) in [5.74, 6) is -0.912. The van der Waals surface area contributed by atoms with Gasteiger partial charge in [0.25, 0.3) is 0 Å². The first-order valence-electron chi connectivity index (χ1n) is 4.00. The summed E-state index contributed by atoms with van der Waals surface area (Å²) in [6.45, 7) is -0.134. The first-order valence-corrected chi connectivity index (χ1v) is 4.37. The predicted molar refractivity (Wildman–Crippen MR) is 59.5 cm³/mol. The van der Waals surface area contributed by atoms with Gasteiger partial charge in [-0.15, -0.1) is 0 Å². The number of carboxylic acids is 1. The van der Waals surface area contributed by atoms with E-state index in [2.05, 4.69) is 5.10 Å². The summed E-state index contributed by atoms with van der Waals surface area (Å²) in [7, 11) is 0. The molecular formula is C9H8ClN2NaO2. The monoisotopic (exact) mass is 234 g/mol. The number of carbonyl (C=O) groups is 1. The average molecular weight is 235 g/mol. The number of hydrogen-bond donors (Lipinski definition) is 1. The van der Waals surface area contributed by atoms with Crippen LogP contribution in [-0.4, -0.2) is 50.4 Å². The molecule has 1 aromatic heterocycles. The normalized spacial score (nSPS) is 9.93. The molecule has 4 nitrogen and oxygen atoms in total. The average Bonchev–Trinajstić information content (AvgIpc) is 2.47. The van der Waals surface area contributed by atoms with Crippen LogP contribution in [0.5, 0.6) is 0 Å². The van der Waals surface area contributed by atoms with Crippen molar-refractivity contribution in [3.63, 3.8) is 0 Å².